The summed E-state index contributed by atoms with van der Waals surface area (Å²) in [6.45, 7) is 0.997. The maximum absolute atomic E-state index is 5.36. The van der Waals surface area contributed by atoms with Gasteiger partial charge in [-0.3, -0.25) is 0 Å². The second kappa shape index (κ2) is 6.75. The van der Waals surface area contributed by atoms with E-state index in [1.165, 1.54) is 33.3 Å². The minimum atomic E-state index is 0.199. The fourth-order valence-corrected chi connectivity index (χ4v) is 4.54. The number of ether oxygens (including phenoxy) is 1. The Bertz CT molecular complexity index is 1130. The van der Waals surface area contributed by atoms with Gasteiger partial charge in [-0.25, -0.2) is 0 Å². The van der Waals surface area contributed by atoms with Gasteiger partial charge in [-0.15, -0.1) is 0 Å². The summed E-state index contributed by atoms with van der Waals surface area (Å²) in [5, 5.41) is 1.32. The fourth-order valence-electron chi connectivity index (χ4n) is 4.54. The molecule has 3 nitrogen and oxygen atoms in total. The van der Waals surface area contributed by atoms with E-state index in [0.29, 0.717) is 0 Å². The Kier molecular flexibility index (Phi) is 4.09. The molecule has 0 amide bonds. The van der Waals surface area contributed by atoms with E-state index < -0.39 is 0 Å². The van der Waals surface area contributed by atoms with Gasteiger partial charge in [-0.2, -0.15) is 0 Å². The van der Waals surface area contributed by atoms with Gasteiger partial charge < -0.3 is 14.2 Å². The van der Waals surface area contributed by atoms with Crippen molar-refractivity contribution in [3.63, 3.8) is 0 Å². The van der Waals surface area contributed by atoms with E-state index in [2.05, 4.69) is 95.5 Å². The SMILES string of the molecule is COc1ccc(N2CCc3ccccc3C2c2cn(C)c3ccccc23)cc1. The molecule has 0 saturated heterocycles. The average Bonchev–Trinajstić information content (AvgIpc) is 3.09. The molecular formula is C25H24N2O. The van der Waals surface area contributed by atoms with Crippen molar-refractivity contribution in [3.8, 4) is 5.75 Å². The Morgan fingerprint density at radius 2 is 1.61 bits per heavy atom. The Hall–Kier alpha value is -3.20. The maximum atomic E-state index is 5.36. The first-order valence-corrected chi connectivity index (χ1v) is 9.79. The molecule has 28 heavy (non-hydrogen) atoms. The number of anilines is 1. The number of nitrogens with zero attached hydrogens (tertiary/aromatic N) is 2. The molecule has 3 aromatic carbocycles. The van der Waals surface area contributed by atoms with Crippen LogP contribution in [0.4, 0.5) is 5.69 Å². The van der Waals surface area contributed by atoms with Crippen LogP contribution in [0.5, 0.6) is 5.75 Å². The third-order valence-corrected chi connectivity index (χ3v) is 5.91. The first-order chi connectivity index (χ1) is 13.8. The standard InChI is InChI=1S/C25H24N2O/c1-26-17-23(22-9-5-6-10-24(22)26)25-21-8-4-3-7-18(21)15-16-27(25)19-11-13-20(28-2)14-12-19/h3-14,17,25H,15-16H2,1-2H3. The zero-order valence-corrected chi connectivity index (χ0v) is 16.3. The lowest BCUT2D eigenvalue weighted by Gasteiger charge is -2.39. The highest BCUT2D eigenvalue weighted by molar-refractivity contribution is 5.85. The van der Waals surface area contributed by atoms with Gasteiger partial charge in [0, 0.05) is 41.9 Å². The topological polar surface area (TPSA) is 17.4 Å². The van der Waals surface area contributed by atoms with Crippen LogP contribution in [-0.2, 0) is 13.5 Å². The van der Waals surface area contributed by atoms with Crippen LogP contribution >= 0.6 is 0 Å². The smallest absolute Gasteiger partial charge is 0.119 e. The first-order valence-electron chi connectivity index (χ1n) is 9.79. The molecule has 3 heteroatoms. The number of rotatable bonds is 3. The molecule has 0 spiro atoms. The molecule has 140 valence electrons. The predicted octanol–water partition coefficient (Wildman–Crippen LogP) is 5.34. The summed E-state index contributed by atoms with van der Waals surface area (Å²) in [5.41, 5.74) is 6.72. The van der Waals surface area contributed by atoms with E-state index in [0.717, 1.165) is 18.7 Å². The van der Waals surface area contributed by atoms with Crippen molar-refractivity contribution in [3.05, 3.63) is 95.7 Å². The highest BCUT2D eigenvalue weighted by atomic mass is 16.5. The molecule has 1 aliphatic rings. The Labute approximate surface area is 165 Å². The molecule has 1 aliphatic heterocycles. The van der Waals surface area contributed by atoms with Gasteiger partial charge in [0.1, 0.15) is 5.75 Å². The number of aromatic nitrogens is 1. The summed E-state index contributed by atoms with van der Waals surface area (Å²) in [4.78, 5) is 2.53. The molecule has 0 aliphatic carbocycles. The molecule has 1 unspecified atom stereocenters. The molecule has 0 radical (unpaired) electrons. The summed E-state index contributed by atoms with van der Waals surface area (Å²) in [5.74, 6) is 0.892. The molecule has 1 atom stereocenters. The zero-order chi connectivity index (χ0) is 19.1. The van der Waals surface area contributed by atoms with Crippen molar-refractivity contribution in [2.45, 2.75) is 12.5 Å². The van der Waals surface area contributed by atoms with Crippen LogP contribution in [0.2, 0.25) is 0 Å². The van der Waals surface area contributed by atoms with Crippen molar-refractivity contribution in [2.75, 3.05) is 18.6 Å². The van der Waals surface area contributed by atoms with Crippen molar-refractivity contribution >= 4 is 16.6 Å². The normalized spacial score (nSPS) is 16.2. The van der Waals surface area contributed by atoms with Crippen LogP contribution in [-0.4, -0.2) is 18.2 Å². The number of methoxy groups -OCH3 is 1. The molecule has 0 fully saturated rings. The lowest BCUT2D eigenvalue weighted by molar-refractivity contribution is 0.415. The molecule has 0 N–H and O–H groups in total. The Morgan fingerprint density at radius 3 is 2.43 bits per heavy atom. The second-order valence-corrected chi connectivity index (χ2v) is 7.46. The van der Waals surface area contributed by atoms with Crippen LogP contribution in [0.15, 0.2) is 79.0 Å². The molecule has 0 saturated carbocycles. The number of aryl methyl sites for hydroxylation is 1. The number of hydrogen-bond donors (Lipinski definition) is 0. The lowest BCUT2D eigenvalue weighted by atomic mass is 9.87. The van der Waals surface area contributed by atoms with E-state index in [-0.39, 0.29) is 6.04 Å². The predicted molar refractivity (Wildman–Crippen MR) is 115 cm³/mol. The molecular weight excluding hydrogens is 344 g/mol. The van der Waals surface area contributed by atoms with Crippen LogP contribution in [0, 0.1) is 0 Å². The van der Waals surface area contributed by atoms with Gasteiger partial charge >= 0.3 is 0 Å². The monoisotopic (exact) mass is 368 g/mol. The molecule has 4 aromatic rings. The van der Waals surface area contributed by atoms with Gasteiger partial charge in [0.25, 0.3) is 0 Å². The Morgan fingerprint density at radius 1 is 0.857 bits per heavy atom. The van der Waals surface area contributed by atoms with Crippen LogP contribution in [0.1, 0.15) is 22.7 Å². The zero-order valence-electron chi connectivity index (χ0n) is 16.3. The summed E-state index contributed by atoms with van der Waals surface area (Å²) in [6, 6.07) is 26.2. The summed E-state index contributed by atoms with van der Waals surface area (Å²) >= 11 is 0. The maximum Gasteiger partial charge on any atom is 0.119 e. The summed E-state index contributed by atoms with van der Waals surface area (Å²) in [7, 11) is 3.85. The lowest BCUT2D eigenvalue weighted by Crippen LogP contribution is -2.36. The van der Waals surface area contributed by atoms with E-state index >= 15 is 0 Å². The highest BCUT2D eigenvalue weighted by Crippen LogP contribution is 2.41. The quantitative estimate of drug-likeness (QED) is 0.486. The van der Waals surface area contributed by atoms with Gasteiger partial charge in [0.05, 0.1) is 13.2 Å². The number of para-hydroxylation sites is 1. The highest BCUT2D eigenvalue weighted by Gasteiger charge is 2.31. The van der Waals surface area contributed by atoms with Crippen LogP contribution in [0.25, 0.3) is 10.9 Å². The summed E-state index contributed by atoms with van der Waals surface area (Å²) in [6.07, 6.45) is 3.36. The largest absolute Gasteiger partial charge is 0.497 e. The summed E-state index contributed by atoms with van der Waals surface area (Å²) < 4.78 is 7.61. The van der Waals surface area contributed by atoms with Crippen LogP contribution < -0.4 is 9.64 Å². The first kappa shape index (κ1) is 16.9. The van der Waals surface area contributed by atoms with Gasteiger partial charge in [-0.05, 0) is 47.9 Å². The molecule has 0 bridgehead atoms. The molecule has 1 aromatic heterocycles. The minimum Gasteiger partial charge on any atom is -0.497 e. The van der Waals surface area contributed by atoms with Crippen LogP contribution in [0.3, 0.4) is 0 Å². The van der Waals surface area contributed by atoms with Gasteiger partial charge in [0.15, 0.2) is 0 Å². The third kappa shape index (κ3) is 2.66. The van der Waals surface area contributed by atoms with E-state index in [4.69, 9.17) is 4.74 Å². The van der Waals surface area contributed by atoms with Gasteiger partial charge in [0.2, 0.25) is 0 Å². The molecule has 2 heterocycles. The van der Waals surface area contributed by atoms with Crippen molar-refractivity contribution in [1.29, 1.82) is 0 Å². The van der Waals surface area contributed by atoms with Gasteiger partial charge in [-0.1, -0.05) is 42.5 Å². The molecule has 5 rings (SSSR count). The Balaban J connectivity index is 1.71. The third-order valence-electron chi connectivity index (χ3n) is 5.91. The van der Waals surface area contributed by atoms with E-state index in [1.807, 2.05) is 0 Å². The van der Waals surface area contributed by atoms with E-state index in [1.54, 1.807) is 7.11 Å². The average molecular weight is 368 g/mol. The minimum absolute atomic E-state index is 0.199. The van der Waals surface area contributed by atoms with E-state index in [9.17, 15) is 0 Å². The number of fused-ring (bicyclic) bond motifs is 2. The van der Waals surface area contributed by atoms with Crippen molar-refractivity contribution < 1.29 is 4.74 Å². The fraction of sp³-hybridized carbons (Fsp3) is 0.200. The van der Waals surface area contributed by atoms with Crippen molar-refractivity contribution in [1.82, 2.24) is 4.57 Å². The van der Waals surface area contributed by atoms with Crippen molar-refractivity contribution in [2.24, 2.45) is 7.05 Å². The number of hydrogen-bond acceptors (Lipinski definition) is 2. The number of benzene rings is 3. The second-order valence-electron chi connectivity index (χ2n) is 7.46.